The molecule has 164 valence electrons. The first-order valence-corrected chi connectivity index (χ1v) is 10.4. The Kier molecular flexibility index (Phi) is 7.47. The summed E-state index contributed by atoms with van der Waals surface area (Å²) in [6, 6.07) is 10.6. The van der Waals surface area contributed by atoms with Crippen molar-refractivity contribution in [3.8, 4) is 11.5 Å². The third-order valence-corrected chi connectivity index (χ3v) is 5.15. The largest absolute Gasteiger partial charge is 0.507 e. The molecule has 1 heterocycles. The number of epoxide rings is 1. The first-order chi connectivity index (χ1) is 15.0. The number of Topliss-reactive ketones (excluding diaryl/α,β-unsaturated/α-hetero) is 1. The highest BCUT2D eigenvalue weighted by atomic mass is 16.6. The van der Waals surface area contributed by atoms with Gasteiger partial charge in [0, 0.05) is 5.56 Å². The van der Waals surface area contributed by atoms with Gasteiger partial charge in [0.25, 0.3) is 0 Å². The Bertz CT molecular complexity index is 978. The van der Waals surface area contributed by atoms with Crippen LogP contribution in [0.3, 0.4) is 0 Å². The van der Waals surface area contributed by atoms with Crippen molar-refractivity contribution >= 4 is 11.8 Å². The topological polar surface area (TPSA) is 85.4 Å². The van der Waals surface area contributed by atoms with Crippen LogP contribution in [0, 0.1) is 0 Å². The number of ether oxygens (including phenoxy) is 3. The maximum atomic E-state index is 11.7. The molecule has 0 radical (unpaired) electrons. The van der Waals surface area contributed by atoms with Crippen LogP contribution in [0.5, 0.6) is 11.5 Å². The fourth-order valence-corrected chi connectivity index (χ4v) is 3.49. The average Bonchev–Trinajstić information content (AvgIpc) is 3.54. The second-order valence-corrected chi connectivity index (χ2v) is 7.45. The molecular weight excluding hydrogens is 396 g/mol. The van der Waals surface area contributed by atoms with Gasteiger partial charge < -0.3 is 19.3 Å². The molecule has 0 amide bonds. The van der Waals surface area contributed by atoms with Crippen LogP contribution in [0.25, 0.3) is 0 Å². The molecule has 1 saturated heterocycles. The molecule has 0 unspecified atom stereocenters. The van der Waals surface area contributed by atoms with Crippen LogP contribution in [-0.4, -0.2) is 36.7 Å². The normalized spacial score (nSPS) is 17.5. The minimum atomic E-state index is -0.364. The number of ketones is 1. The molecule has 0 bridgehead atoms. The third kappa shape index (κ3) is 5.52. The van der Waals surface area contributed by atoms with Gasteiger partial charge in [-0.05, 0) is 49.6 Å². The summed E-state index contributed by atoms with van der Waals surface area (Å²) >= 11 is 0. The number of esters is 1. The molecule has 1 fully saturated rings. The molecular formula is C25H28O6. The smallest absolute Gasteiger partial charge is 0.337 e. The van der Waals surface area contributed by atoms with E-state index in [1.165, 1.54) is 14.0 Å². The van der Waals surface area contributed by atoms with Crippen LogP contribution in [0.4, 0.5) is 0 Å². The number of hydrogen-bond acceptors (Lipinski definition) is 6. The van der Waals surface area contributed by atoms with Crippen LogP contribution in [0.2, 0.25) is 0 Å². The Morgan fingerprint density at radius 2 is 2.03 bits per heavy atom. The van der Waals surface area contributed by atoms with Gasteiger partial charge in [-0.1, -0.05) is 37.6 Å². The standard InChI is InChI=1S/C25H28O6/c1-4-8-20-21(13-12-19(16(2)26)23(20)27)30-14-6-5-11-22-24(31-22)17-9-7-10-18(15-17)25(28)29-3/h5,7,9-13,15,22,24,27H,4,6,8,14H2,1-3H3/b11-5-/t22-,24-/m0/s1. The van der Waals surface area contributed by atoms with E-state index in [1.807, 2.05) is 31.2 Å². The molecule has 2 atom stereocenters. The molecule has 3 rings (SSSR count). The Morgan fingerprint density at radius 3 is 2.74 bits per heavy atom. The van der Waals surface area contributed by atoms with Gasteiger partial charge in [0.15, 0.2) is 5.78 Å². The van der Waals surface area contributed by atoms with Crippen molar-refractivity contribution < 1.29 is 28.9 Å². The fraction of sp³-hybridized carbons (Fsp3) is 0.360. The van der Waals surface area contributed by atoms with E-state index >= 15 is 0 Å². The highest BCUT2D eigenvalue weighted by molar-refractivity contribution is 5.97. The summed E-state index contributed by atoms with van der Waals surface area (Å²) in [5, 5.41) is 10.4. The number of aromatic hydroxyl groups is 1. The van der Waals surface area contributed by atoms with Crippen molar-refractivity contribution in [3.05, 3.63) is 70.8 Å². The lowest BCUT2D eigenvalue weighted by Crippen LogP contribution is -2.03. The minimum absolute atomic E-state index is 0.0193. The van der Waals surface area contributed by atoms with Crippen molar-refractivity contribution in [3.63, 3.8) is 0 Å². The first-order valence-electron chi connectivity index (χ1n) is 10.4. The van der Waals surface area contributed by atoms with Crippen LogP contribution in [-0.2, 0) is 15.9 Å². The number of carbonyl (C=O) groups is 2. The summed E-state index contributed by atoms with van der Waals surface area (Å²) in [6.07, 6.45) is 6.05. The molecule has 6 nitrogen and oxygen atoms in total. The van der Waals surface area contributed by atoms with E-state index in [1.54, 1.807) is 24.3 Å². The molecule has 0 aromatic heterocycles. The third-order valence-electron chi connectivity index (χ3n) is 5.15. The van der Waals surface area contributed by atoms with Gasteiger partial charge in [-0.25, -0.2) is 4.79 Å². The molecule has 0 spiro atoms. The summed E-state index contributed by atoms with van der Waals surface area (Å²) < 4.78 is 16.3. The molecule has 0 aliphatic carbocycles. The molecule has 1 aliphatic heterocycles. The maximum absolute atomic E-state index is 11.7. The number of hydrogen-bond donors (Lipinski definition) is 1. The monoisotopic (exact) mass is 424 g/mol. The Hall–Kier alpha value is -3.12. The van der Waals surface area contributed by atoms with Gasteiger partial charge in [-0.2, -0.15) is 0 Å². The van der Waals surface area contributed by atoms with Crippen LogP contribution in [0.1, 0.15) is 64.6 Å². The van der Waals surface area contributed by atoms with Gasteiger partial charge >= 0.3 is 5.97 Å². The first kappa shape index (κ1) is 22.6. The lowest BCUT2D eigenvalue weighted by Gasteiger charge is -2.14. The van der Waals surface area contributed by atoms with E-state index in [9.17, 15) is 14.7 Å². The average molecular weight is 424 g/mol. The zero-order valence-electron chi connectivity index (χ0n) is 18.1. The minimum Gasteiger partial charge on any atom is -0.507 e. The summed E-state index contributed by atoms with van der Waals surface area (Å²) in [6.45, 7) is 3.90. The number of carbonyl (C=O) groups excluding carboxylic acids is 2. The summed E-state index contributed by atoms with van der Waals surface area (Å²) in [5.74, 6) is 0.0979. The second kappa shape index (κ2) is 10.3. The van der Waals surface area contributed by atoms with Gasteiger partial charge in [-0.15, -0.1) is 0 Å². The molecule has 1 N–H and O–H groups in total. The second-order valence-electron chi connectivity index (χ2n) is 7.45. The maximum Gasteiger partial charge on any atom is 0.337 e. The molecule has 2 aromatic carbocycles. The van der Waals surface area contributed by atoms with E-state index in [4.69, 9.17) is 14.2 Å². The van der Waals surface area contributed by atoms with Gasteiger partial charge in [-0.3, -0.25) is 4.79 Å². The van der Waals surface area contributed by atoms with Crippen molar-refractivity contribution in [1.29, 1.82) is 0 Å². The van der Waals surface area contributed by atoms with Gasteiger partial charge in [0.2, 0.25) is 0 Å². The highest BCUT2D eigenvalue weighted by Crippen LogP contribution is 2.40. The van der Waals surface area contributed by atoms with E-state index in [-0.39, 0.29) is 29.7 Å². The predicted octanol–water partition coefficient (Wildman–Crippen LogP) is 4.80. The lowest BCUT2D eigenvalue weighted by molar-refractivity contribution is 0.0600. The zero-order chi connectivity index (χ0) is 22.4. The highest BCUT2D eigenvalue weighted by Gasteiger charge is 2.38. The van der Waals surface area contributed by atoms with E-state index < -0.39 is 0 Å². The van der Waals surface area contributed by atoms with E-state index in [0.29, 0.717) is 41.9 Å². The number of phenols is 1. The van der Waals surface area contributed by atoms with E-state index in [0.717, 1.165) is 12.0 Å². The van der Waals surface area contributed by atoms with Crippen molar-refractivity contribution in [2.45, 2.75) is 45.3 Å². The Labute approximate surface area is 182 Å². The van der Waals surface area contributed by atoms with Crippen molar-refractivity contribution in [2.24, 2.45) is 0 Å². The van der Waals surface area contributed by atoms with Crippen LogP contribution >= 0.6 is 0 Å². The van der Waals surface area contributed by atoms with Gasteiger partial charge in [0.1, 0.15) is 23.7 Å². The molecule has 6 heteroatoms. The molecule has 1 aliphatic rings. The summed E-state index contributed by atoms with van der Waals surface area (Å²) in [5.41, 5.74) is 2.45. The number of phenolic OH excluding ortho intramolecular Hbond substituents is 1. The van der Waals surface area contributed by atoms with Crippen LogP contribution < -0.4 is 4.74 Å². The summed E-state index contributed by atoms with van der Waals surface area (Å²) in [4.78, 5) is 23.3. The fourth-order valence-electron chi connectivity index (χ4n) is 3.49. The van der Waals surface area contributed by atoms with Gasteiger partial charge in [0.05, 0.1) is 24.8 Å². The Balaban J connectivity index is 1.52. The van der Waals surface area contributed by atoms with E-state index in [2.05, 4.69) is 0 Å². The number of benzene rings is 2. The van der Waals surface area contributed by atoms with Crippen molar-refractivity contribution in [1.82, 2.24) is 0 Å². The molecule has 2 aromatic rings. The number of methoxy groups -OCH3 is 1. The Morgan fingerprint density at radius 1 is 1.23 bits per heavy atom. The predicted molar refractivity (Wildman–Crippen MR) is 117 cm³/mol. The SMILES string of the molecule is CCCc1c(OCC/C=C\[C@@H]2O[C@H]2c2cccc(C(=O)OC)c2)ccc(C(C)=O)c1O. The molecule has 31 heavy (non-hydrogen) atoms. The number of rotatable bonds is 10. The zero-order valence-corrected chi connectivity index (χ0v) is 18.1. The van der Waals surface area contributed by atoms with Crippen molar-refractivity contribution in [2.75, 3.05) is 13.7 Å². The van der Waals surface area contributed by atoms with Crippen LogP contribution in [0.15, 0.2) is 48.6 Å². The molecule has 0 saturated carbocycles. The lowest BCUT2D eigenvalue weighted by atomic mass is 10.0. The summed E-state index contributed by atoms with van der Waals surface area (Å²) in [7, 11) is 1.36. The quantitative estimate of drug-likeness (QED) is 0.194.